The van der Waals surface area contributed by atoms with E-state index >= 15 is 19.2 Å². The number of piperidine rings is 1. The van der Waals surface area contributed by atoms with Gasteiger partial charge in [-0.2, -0.15) is 13.2 Å². The topological polar surface area (TPSA) is 283 Å². The summed E-state index contributed by atoms with van der Waals surface area (Å²) in [5.74, 6) is -13.8. The standard InChI is InChI=1S/C70H109ClF5N13O13/c1-15-33-102-40-51-64(97)87(14)60(43(3)4)68(101)86(13)54(66(99)89-30-21-18-22-31-89)36-56(91)83(10)45(6)61(94)79-59(44(5)16-2)67(100)82(9)38-57(92)80(7)39-58(93)84(11)53(35-46-23-19-17-20-24-46)65(98)81(8)37-55(90)77-50(28-26-47-25-27-48(49(71)34-47)70(74,75)76)63(96)85(12)52(62(95)78-51)29-32-88-41-69(72,73)42-88/h25,27,34,43-46,50-54,59-60H,15-24,26,28-33,35-42H2,1-14H3,(H,77,90)(H,78,95)(H,79,94)/t44-,45-,50-,51-,52-,53-,54-,59-,60-/m0/s1. The molecular weight excluding hydrogens is 1360 g/mol. The Labute approximate surface area is 601 Å². The number of alkyl halides is 5. The van der Waals surface area contributed by atoms with Crippen molar-refractivity contribution in [2.45, 2.75) is 198 Å². The molecule has 3 aliphatic heterocycles. The first-order valence-corrected chi connectivity index (χ1v) is 35.9. The number of carbonyl (C=O) groups excluding carboxylic acids is 12. The zero-order valence-corrected chi connectivity index (χ0v) is 62.6. The largest absolute Gasteiger partial charge is 0.417 e. The van der Waals surface area contributed by atoms with Crippen molar-refractivity contribution >= 4 is 82.5 Å². The van der Waals surface area contributed by atoms with E-state index in [9.17, 15) is 60.3 Å². The molecule has 32 heteroatoms. The second-order valence-corrected chi connectivity index (χ2v) is 29.0. The van der Waals surface area contributed by atoms with E-state index in [1.165, 1.54) is 73.1 Å². The number of aryl methyl sites for hydroxylation is 1. The van der Waals surface area contributed by atoms with Crippen LogP contribution in [-0.2, 0) is 74.9 Å². The highest BCUT2D eigenvalue weighted by Gasteiger charge is 2.47. The van der Waals surface area contributed by atoms with Gasteiger partial charge in [0.25, 0.3) is 5.92 Å². The Bertz CT molecular complexity index is 3110. The summed E-state index contributed by atoms with van der Waals surface area (Å²) < 4.78 is 76.4. The minimum absolute atomic E-state index is 0.0366. The SMILES string of the molecule is CCCOC[C@@H]1NC(=O)[C@H](CCN2CC(F)(F)C2)N(C)C(=O)[C@H](CCc2ccc(C(F)(F)F)c(Cl)c2)NC(=O)CN(C)C(=O)[C@H](CC2CCCCC2)N(C)C(=O)CN(C)C(=O)CN(C)C(=O)[C@H]([C@@H](C)CC)NC(=O)[C@H](C)N(C)C(=O)C[C@@H](C(=O)N2CCCCC2)N(C)C(=O)[C@H](C(C)C)N(C)C1=O. The van der Waals surface area contributed by atoms with E-state index in [1.807, 2.05) is 0 Å². The van der Waals surface area contributed by atoms with E-state index in [1.54, 1.807) is 39.5 Å². The van der Waals surface area contributed by atoms with E-state index in [0.29, 0.717) is 38.8 Å². The first kappa shape index (κ1) is 85.4. The van der Waals surface area contributed by atoms with Crippen LogP contribution in [0.1, 0.15) is 143 Å². The molecule has 9 atom stereocenters. The van der Waals surface area contributed by atoms with Crippen molar-refractivity contribution in [2.24, 2.45) is 17.8 Å². The number of hydrogen-bond donors (Lipinski definition) is 3. The van der Waals surface area contributed by atoms with E-state index in [4.69, 9.17) is 16.3 Å². The van der Waals surface area contributed by atoms with Crippen molar-refractivity contribution in [1.82, 2.24) is 64.9 Å². The van der Waals surface area contributed by atoms with Crippen LogP contribution in [0, 0.1) is 17.8 Å². The highest BCUT2D eigenvalue weighted by Crippen LogP contribution is 2.36. The number of likely N-dealkylation sites (N-methyl/N-ethyl adjacent to an activating group) is 8. The van der Waals surface area contributed by atoms with Gasteiger partial charge >= 0.3 is 6.18 Å². The molecule has 5 rings (SSSR count). The minimum atomic E-state index is -4.82. The van der Waals surface area contributed by atoms with Crippen molar-refractivity contribution in [1.29, 1.82) is 0 Å². The maximum Gasteiger partial charge on any atom is 0.417 e. The van der Waals surface area contributed by atoms with Crippen LogP contribution < -0.4 is 16.0 Å². The highest BCUT2D eigenvalue weighted by atomic mass is 35.5. The van der Waals surface area contributed by atoms with Crippen LogP contribution in [0.3, 0.4) is 0 Å². The predicted octanol–water partition coefficient (Wildman–Crippen LogP) is 4.13. The van der Waals surface area contributed by atoms with Crippen molar-refractivity contribution in [3.05, 3.63) is 34.3 Å². The zero-order valence-electron chi connectivity index (χ0n) is 61.8. The van der Waals surface area contributed by atoms with Crippen LogP contribution >= 0.6 is 11.6 Å². The molecule has 0 bridgehead atoms. The molecule has 1 saturated carbocycles. The Morgan fingerprint density at radius 2 is 1.25 bits per heavy atom. The fourth-order valence-corrected chi connectivity index (χ4v) is 13.8. The summed E-state index contributed by atoms with van der Waals surface area (Å²) >= 11 is 6.13. The molecule has 574 valence electrons. The van der Waals surface area contributed by atoms with Gasteiger partial charge in [0, 0.05) is 82.6 Å². The molecule has 12 amide bonds. The third-order valence-electron chi connectivity index (χ3n) is 20.3. The van der Waals surface area contributed by atoms with Gasteiger partial charge in [-0.05, 0) is 93.7 Å². The molecule has 102 heavy (non-hydrogen) atoms. The number of nitrogens with zero attached hydrogens (tertiary/aromatic N) is 10. The molecule has 0 spiro atoms. The Kier molecular flexibility index (Phi) is 32.2. The molecular formula is C70H109ClF5N13O13. The average Bonchev–Trinajstić information content (AvgIpc) is 0.815. The molecule has 0 unspecified atom stereocenters. The van der Waals surface area contributed by atoms with E-state index < -0.39 is 199 Å². The second-order valence-electron chi connectivity index (χ2n) is 28.6. The minimum Gasteiger partial charge on any atom is -0.379 e. The van der Waals surface area contributed by atoms with Crippen LogP contribution in [-0.4, -0.2) is 296 Å². The molecule has 0 radical (unpaired) electrons. The van der Waals surface area contributed by atoms with Crippen LogP contribution in [0.5, 0.6) is 0 Å². The molecule has 3 heterocycles. The van der Waals surface area contributed by atoms with Gasteiger partial charge in [0.2, 0.25) is 70.9 Å². The number of likely N-dealkylation sites (tertiary alicyclic amines) is 2. The Morgan fingerprint density at radius 3 is 1.82 bits per heavy atom. The molecule has 1 aromatic carbocycles. The van der Waals surface area contributed by atoms with E-state index in [2.05, 4.69) is 16.0 Å². The van der Waals surface area contributed by atoms with Crippen molar-refractivity contribution in [3.63, 3.8) is 0 Å². The predicted molar refractivity (Wildman–Crippen MR) is 370 cm³/mol. The molecule has 0 aromatic heterocycles. The number of benzene rings is 1. The molecule has 1 aliphatic carbocycles. The van der Waals surface area contributed by atoms with Crippen LogP contribution in [0.25, 0.3) is 0 Å². The van der Waals surface area contributed by atoms with Crippen molar-refractivity contribution < 1.29 is 84.2 Å². The Balaban J connectivity index is 1.65. The molecule has 3 N–H and O–H groups in total. The average molecular weight is 1470 g/mol. The van der Waals surface area contributed by atoms with Gasteiger partial charge in [-0.3, -0.25) is 62.4 Å². The zero-order chi connectivity index (χ0) is 76.4. The number of carbonyl (C=O) groups is 12. The summed E-state index contributed by atoms with van der Waals surface area (Å²) in [5.41, 5.74) is -0.942. The van der Waals surface area contributed by atoms with Gasteiger partial charge in [0.05, 0.1) is 56.3 Å². The summed E-state index contributed by atoms with van der Waals surface area (Å²) in [6.07, 6.45) is 0.780. The smallest absolute Gasteiger partial charge is 0.379 e. The lowest BCUT2D eigenvalue weighted by atomic mass is 9.84. The second kappa shape index (κ2) is 38.5. The number of halogens is 6. The quantitative estimate of drug-likeness (QED) is 0.155. The maximum absolute atomic E-state index is 15.3. The maximum atomic E-state index is 15.3. The number of amides is 12. The molecule has 4 fully saturated rings. The third-order valence-corrected chi connectivity index (χ3v) is 20.6. The monoisotopic (exact) mass is 1470 g/mol. The summed E-state index contributed by atoms with van der Waals surface area (Å²) in [6, 6.07) is -8.59. The van der Waals surface area contributed by atoms with Crippen LogP contribution in [0.4, 0.5) is 22.0 Å². The third kappa shape index (κ3) is 23.4. The first-order chi connectivity index (χ1) is 47.7. The lowest BCUT2D eigenvalue weighted by Gasteiger charge is -2.40. The number of ether oxygens (including phenoxy) is 1. The lowest BCUT2D eigenvalue weighted by Crippen LogP contribution is -2.62. The summed E-state index contributed by atoms with van der Waals surface area (Å²) in [4.78, 5) is 188. The molecule has 1 aromatic rings. The first-order valence-electron chi connectivity index (χ1n) is 35.5. The van der Waals surface area contributed by atoms with Crippen LogP contribution in [0.2, 0.25) is 5.02 Å². The molecule has 4 aliphatic rings. The Hall–Kier alpha value is -7.28. The highest BCUT2D eigenvalue weighted by molar-refractivity contribution is 6.31. The number of nitrogens with one attached hydrogen (secondary N) is 3. The fourth-order valence-electron chi connectivity index (χ4n) is 13.5. The van der Waals surface area contributed by atoms with Crippen molar-refractivity contribution in [3.8, 4) is 0 Å². The van der Waals surface area contributed by atoms with Gasteiger partial charge in [-0.15, -0.1) is 0 Å². The van der Waals surface area contributed by atoms with Gasteiger partial charge in [-0.1, -0.05) is 90.8 Å². The summed E-state index contributed by atoms with van der Waals surface area (Å²) in [7, 11) is 10.5. The van der Waals surface area contributed by atoms with E-state index in [-0.39, 0.29) is 50.3 Å². The van der Waals surface area contributed by atoms with Gasteiger partial charge in [0.1, 0.15) is 48.3 Å². The number of rotatable bonds is 16. The van der Waals surface area contributed by atoms with Crippen molar-refractivity contribution in [2.75, 3.05) is 122 Å². The normalized spacial score (nSPS) is 26.0. The summed E-state index contributed by atoms with van der Waals surface area (Å²) in [5, 5.41) is 7.44. The number of hydrogen-bond acceptors (Lipinski definition) is 14. The van der Waals surface area contributed by atoms with Gasteiger partial charge in [0.15, 0.2) is 0 Å². The van der Waals surface area contributed by atoms with Gasteiger partial charge < -0.3 is 64.8 Å². The van der Waals surface area contributed by atoms with E-state index in [0.717, 1.165) is 91.0 Å². The lowest BCUT2D eigenvalue weighted by molar-refractivity contribution is -0.155. The summed E-state index contributed by atoms with van der Waals surface area (Å²) in [6.45, 7) is 6.69. The molecule has 26 nitrogen and oxygen atoms in total. The van der Waals surface area contributed by atoms with Gasteiger partial charge in [-0.25, -0.2) is 8.78 Å². The Morgan fingerprint density at radius 1 is 0.647 bits per heavy atom. The van der Waals surface area contributed by atoms with Crippen LogP contribution in [0.15, 0.2) is 18.2 Å². The molecule has 3 saturated heterocycles. The fraction of sp³-hybridized carbons (Fsp3) is 0.743.